The predicted octanol–water partition coefficient (Wildman–Crippen LogP) is 5.24. The van der Waals surface area contributed by atoms with E-state index in [1.54, 1.807) is 4.52 Å². The molecule has 27 heavy (non-hydrogen) atoms. The molecule has 0 radical (unpaired) electrons. The molecule has 0 spiro atoms. The summed E-state index contributed by atoms with van der Waals surface area (Å²) < 4.78 is 7.78. The molecule has 0 amide bonds. The summed E-state index contributed by atoms with van der Waals surface area (Å²) >= 11 is 7.43. The SMILES string of the molecule is Clc1ccc(-c2nnc3sc(COc4cccc5ccccc45)nn23)cc1. The van der Waals surface area contributed by atoms with Gasteiger partial charge in [-0.05, 0) is 35.7 Å². The molecule has 0 fully saturated rings. The van der Waals surface area contributed by atoms with Crippen molar-refractivity contribution in [1.82, 2.24) is 19.8 Å². The molecule has 5 aromatic rings. The highest BCUT2D eigenvalue weighted by molar-refractivity contribution is 7.16. The van der Waals surface area contributed by atoms with Gasteiger partial charge in [0.05, 0.1) is 0 Å². The monoisotopic (exact) mass is 392 g/mol. The molecule has 0 saturated heterocycles. The van der Waals surface area contributed by atoms with Crippen molar-refractivity contribution in [3.8, 4) is 17.1 Å². The second-order valence-electron chi connectivity index (χ2n) is 5.99. The van der Waals surface area contributed by atoms with E-state index in [2.05, 4.69) is 33.5 Å². The summed E-state index contributed by atoms with van der Waals surface area (Å²) in [6.07, 6.45) is 0. The number of halogens is 1. The smallest absolute Gasteiger partial charge is 0.235 e. The van der Waals surface area contributed by atoms with E-state index in [0.29, 0.717) is 17.5 Å². The van der Waals surface area contributed by atoms with Crippen LogP contribution in [0.15, 0.2) is 66.7 Å². The summed E-state index contributed by atoms with van der Waals surface area (Å²) in [5, 5.41) is 16.8. The summed E-state index contributed by atoms with van der Waals surface area (Å²) in [5.74, 6) is 1.53. The van der Waals surface area contributed by atoms with Crippen molar-refractivity contribution in [2.45, 2.75) is 6.61 Å². The largest absolute Gasteiger partial charge is 0.486 e. The van der Waals surface area contributed by atoms with Crippen molar-refractivity contribution in [3.05, 3.63) is 76.8 Å². The number of nitrogens with zero attached hydrogens (tertiary/aromatic N) is 4. The first-order valence-electron chi connectivity index (χ1n) is 8.35. The highest BCUT2D eigenvalue weighted by Crippen LogP contribution is 2.27. The van der Waals surface area contributed by atoms with Gasteiger partial charge in [0.15, 0.2) is 10.8 Å². The lowest BCUT2D eigenvalue weighted by Gasteiger charge is -2.07. The lowest BCUT2D eigenvalue weighted by atomic mass is 10.1. The van der Waals surface area contributed by atoms with E-state index < -0.39 is 0 Å². The molecule has 0 atom stereocenters. The number of rotatable bonds is 4. The maximum atomic E-state index is 6.03. The minimum absolute atomic E-state index is 0.377. The fraction of sp³-hybridized carbons (Fsp3) is 0.0500. The summed E-state index contributed by atoms with van der Waals surface area (Å²) in [7, 11) is 0. The van der Waals surface area contributed by atoms with Crippen LogP contribution in [0.25, 0.3) is 27.1 Å². The molecule has 7 heteroatoms. The molecule has 0 aliphatic heterocycles. The zero-order valence-corrected chi connectivity index (χ0v) is 15.6. The number of benzene rings is 3. The van der Waals surface area contributed by atoms with Crippen LogP contribution in [0.1, 0.15) is 5.01 Å². The normalized spacial score (nSPS) is 11.3. The second-order valence-corrected chi connectivity index (χ2v) is 7.46. The Labute approximate surface area is 163 Å². The summed E-state index contributed by atoms with van der Waals surface area (Å²) in [5.41, 5.74) is 0.915. The van der Waals surface area contributed by atoms with Crippen LogP contribution in [0.4, 0.5) is 0 Å². The minimum Gasteiger partial charge on any atom is -0.486 e. The molecule has 0 aliphatic rings. The van der Waals surface area contributed by atoms with Gasteiger partial charge < -0.3 is 4.74 Å². The number of hydrogen-bond acceptors (Lipinski definition) is 5. The Balaban J connectivity index is 1.43. The molecule has 0 saturated carbocycles. The Hall–Kier alpha value is -2.96. The third kappa shape index (κ3) is 3.03. The van der Waals surface area contributed by atoms with Gasteiger partial charge in [-0.15, -0.1) is 10.2 Å². The first kappa shape index (κ1) is 16.2. The molecule has 5 nitrogen and oxygen atoms in total. The fourth-order valence-corrected chi connectivity index (χ4v) is 3.83. The molecule has 2 heterocycles. The van der Waals surface area contributed by atoms with E-state index in [4.69, 9.17) is 16.3 Å². The molecule has 132 valence electrons. The van der Waals surface area contributed by atoms with Crippen molar-refractivity contribution in [1.29, 1.82) is 0 Å². The van der Waals surface area contributed by atoms with Crippen LogP contribution in [0, 0.1) is 0 Å². The van der Waals surface area contributed by atoms with E-state index in [0.717, 1.165) is 32.1 Å². The highest BCUT2D eigenvalue weighted by atomic mass is 35.5. The van der Waals surface area contributed by atoms with Gasteiger partial charge in [-0.25, -0.2) is 0 Å². The lowest BCUT2D eigenvalue weighted by Crippen LogP contribution is -1.98. The highest BCUT2D eigenvalue weighted by Gasteiger charge is 2.14. The Morgan fingerprint density at radius 3 is 2.63 bits per heavy atom. The van der Waals surface area contributed by atoms with Crippen molar-refractivity contribution in [2.75, 3.05) is 0 Å². The number of ether oxygens (including phenoxy) is 1. The number of fused-ring (bicyclic) bond motifs is 2. The molecule has 0 unspecified atom stereocenters. The zero-order valence-electron chi connectivity index (χ0n) is 14.0. The zero-order chi connectivity index (χ0) is 18.2. The van der Waals surface area contributed by atoms with Gasteiger partial charge >= 0.3 is 0 Å². The fourth-order valence-electron chi connectivity index (χ4n) is 2.95. The molecule has 0 bridgehead atoms. The summed E-state index contributed by atoms with van der Waals surface area (Å²) in [4.78, 5) is 0.733. The van der Waals surface area contributed by atoms with E-state index >= 15 is 0 Å². The summed E-state index contributed by atoms with van der Waals surface area (Å²) in [6.45, 7) is 0.377. The average molecular weight is 393 g/mol. The van der Waals surface area contributed by atoms with Gasteiger partial charge in [-0.3, -0.25) is 0 Å². The Morgan fingerprint density at radius 1 is 0.926 bits per heavy atom. The minimum atomic E-state index is 0.377. The second kappa shape index (κ2) is 6.64. The Bertz CT molecular complexity index is 1240. The van der Waals surface area contributed by atoms with Gasteiger partial charge in [-0.2, -0.15) is 9.61 Å². The average Bonchev–Trinajstić information content (AvgIpc) is 3.27. The number of aromatic nitrogens is 4. The third-order valence-corrected chi connectivity index (χ3v) is 5.36. The van der Waals surface area contributed by atoms with Crippen molar-refractivity contribution >= 4 is 38.7 Å². The van der Waals surface area contributed by atoms with Gasteiger partial charge in [0.2, 0.25) is 4.96 Å². The molecule has 0 aliphatic carbocycles. The van der Waals surface area contributed by atoms with E-state index in [1.807, 2.05) is 48.5 Å². The first-order valence-corrected chi connectivity index (χ1v) is 9.55. The van der Waals surface area contributed by atoms with Crippen molar-refractivity contribution in [3.63, 3.8) is 0 Å². The molecule has 3 aromatic carbocycles. The first-order chi connectivity index (χ1) is 13.3. The van der Waals surface area contributed by atoms with E-state index in [1.165, 1.54) is 11.3 Å². The topological polar surface area (TPSA) is 52.3 Å². The molecule has 2 aromatic heterocycles. The van der Waals surface area contributed by atoms with Crippen LogP contribution >= 0.6 is 22.9 Å². The standard InChI is InChI=1S/C20H13ClN4OS/c21-15-10-8-14(9-11-15)19-22-23-20-25(19)24-18(27-20)12-26-17-7-3-5-13-4-1-2-6-16(13)17/h1-11H,12H2. The quantitative estimate of drug-likeness (QED) is 0.419. The van der Waals surface area contributed by atoms with E-state index in [9.17, 15) is 0 Å². The van der Waals surface area contributed by atoms with Crippen LogP contribution < -0.4 is 4.74 Å². The van der Waals surface area contributed by atoms with Crippen LogP contribution in [0.2, 0.25) is 5.02 Å². The summed E-state index contributed by atoms with van der Waals surface area (Å²) in [6, 6.07) is 21.7. The van der Waals surface area contributed by atoms with Crippen LogP contribution in [-0.2, 0) is 6.61 Å². The molecule has 0 N–H and O–H groups in total. The maximum Gasteiger partial charge on any atom is 0.235 e. The van der Waals surface area contributed by atoms with Crippen LogP contribution in [-0.4, -0.2) is 19.8 Å². The third-order valence-electron chi connectivity index (χ3n) is 4.24. The Kier molecular flexibility index (Phi) is 3.99. The van der Waals surface area contributed by atoms with Gasteiger partial charge in [0.25, 0.3) is 0 Å². The van der Waals surface area contributed by atoms with E-state index in [-0.39, 0.29) is 0 Å². The molecular formula is C20H13ClN4OS. The molecular weight excluding hydrogens is 380 g/mol. The van der Waals surface area contributed by atoms with Crippen LogP contribution in [0.3, 0.4) is 0 Å². The Morgan fingerprint density at radius 2 is 1.74 bits per heavy atom. The van der Waals surface area contributed by atoms with Crippen LogP contribution in [0.5, 0.6) is 5.75 Å². The maximum absolute atomic E-state index is 6.03. The van der Waals surface area contributed by atoms with Gasteiger partial charge in [0.1, 0.15) is 12.4 Å². The predicted molar refractivity (Wildman–Crippen MR) is 107 cm³/mol. The van der Waals surface area contributed by atoms with Crippen molar-refractivity contribution in [2.24, 2.45) is 0 Å². The van der Waals surface area contributed by atoms with Crippen molar-refractivity contribution < 1.29 is 4.74 Å². The number of hydrogen-bond donors (Lipinski definition) is 0. The van der Waals surface area contributed by atoms with Gasteiger partial charge in [0, 0.05) is 16.0 Å². The lowest BCUT2D eigenvalue weighted by molar-refractivity contribution is 0.308. The molecule has 5 rings (SSSR count). The van der Waals surface area contributed by atoms with Gasteiger partial charge in [-0.1, -0.05) is 59.3 Å².